The molecule has 15 heavy (non-hydrogen) atoms. The summed E-state index contributed by atoms with van der Waals surface area (Å²) in [6.07, 6.45) is -7.19. The average molecular weight is 244 g/mol. The molecule has 1 rings (SSSR count). The molecule has 88 valence electrons. The van der Waals surface area contributed by atoms with Crippen molar-refractivity contribution in [1.82, 2.24) is 10.6 Å². The number of rotatable bonds is 3. The molecule has 0 aromatic heterocycles. The Labute approximate surface area is 88.6 Å². The molecule has 1 saturated heterocycles. The van der Waals surface area contributed by atoms with E-state index in [1.54, 1.807) is 0 Å². The van der Waals surface area contributed by atoms with Crippen molar-refractivity contribution in [2.24, 2.45) is 0 Å². The van der Waals surface area contributed by atoms with Crippen molar-refractivity contribution in [3.05, 3.63) is 0 Å². The summed E-state index contributed by atoms with van der Waals surface area (Å²) in [4.78, 5) is 11.2. The lowest BCUT2D eigenvalue weighted by atomic mass is 10.3. The van der Waals surface area contributed by atoms with E-state index in [1.807, 2.05) is 5.32 Å². The molecule has 1 heterocycles. The molecular formula is C7H11F3N2O2S. The highest BCUT2D eigenvalue weighted by molar-refractivity contribution is 7.99. The first kappa shape index (κ1) is 12.6. The van der Waals surface area contributed by atoms with Crippen LogP contribution in [-0.4, -0.2) is 47.5 Å². The second-order valence-corrected chi connectivity index (χ2v) is 4.10. The quantitative estimate of drug-likeness (QED) is 0.637. The molecule has 0 saturated carbocycles. The van der Waals surface area contributed by atoms with E-state index >= 15 is 0 Å². The zero-order valence-electron chi connectivity index (χ0n) is 7.67. The number of amides is 1. The lowest BCUT2D eigenvalue weighted by molar-refractivity contribution is -0.201. The summed E-state index contributed by atoms with van der Waals surface area (Å²) in [5, 5.41) is 13.5. The molecule has 1 aliphatic heterocycles. The number of hydrogen-bond donors (Lipinski definition) is 3. The largest absolute Gasteiger partial charge is 0.416 e. The monoisotopic (exact) mass is 244 g/mol. The van der Waals surface area contributed by atoms with Gasteiger partial charge >= 0.3 is 6.18 Å². The molecule has 1 amide bonds. The standard InChI is InChI=1S/C7H11F3N2O2S/c8-7(9,10)5(13)1-11-6(14)4-2-15-3-12-4/h4-5,12-13H,1-3H2,(H,11,14). The molecule has 8 heteroatoms. The van der Waals surface area contributed by atoms with Crippen molar-refractivity contribution in [3.63, 3.8) is 0 Å². The molecule has 0 spiro atoms. The van der Waals surface area contributed by atoms with Gasteiger partial charge in [0.15, 0.2) is 6.10 Å². The van der Waals surface area contributed by atoms with Crippen LogP contribution in [-0.2, 0) is 4.79 Å². The number of halogens is 3. The van der Waals surface area contributed by atoms with E-state index in [9.17, 15) is 18.0 Å². The van der Waals surface area contributed by atoms with E-state index in [1.165, 1.54) is 11.8 Å². The van der Waals surface area contributed by atoms with Crippen molar-refractivity contribution in [2.75, 3.05) is 18.2 Å². The summed E-state index contributed by atoms with van der Waals surface area (Å²) in [5.74, 6) is 0.636. The average Bonchev–Trinajstić information content (AvgIpc) is 2.64. The van der Waals surface area contributed by atoms with Crippen LogP contribution < -0.4 is 10.6 Å². The van der Waals surface area contributed by atoms with E-state index < -0.39 is 30.8 Å². The summed E-state index contributed by atoms with van der Waals surface area (Å²) in [6, 6.07) is -0.463. The number of carbonyl (C=O) groups is 1. The number of nitrogens with one attached hydrogen (secondary N) is 2. The minimum atomic E-state index is -4.69. The molecule has 0 aromatic rings. The highest BCUT2D eigenvalue weighted by Crippen LogP contribution is 2.19. The van der Waals surface area contributed by atoms with E-state index in [2.05, 4.69) is 5.32 Å². The minimum Gasteiger partial charge on any atom is -0.382 e. The van der Waals surface area contributed by atoms with Gasteiger partial charge in [0.05, 0.1) is 12.6 Å². The maximum atomic E-state index is 11.9. The van der Waals surface area contributed by atoms with Crippen LogP contribution in [0.15, 0.2) is 0 Å². The maximum Gasteiger partial charge on any atom is 0.416 e. The van der Waals surface area contributed by atoms with Crippen molar-refractivity contribution in [2.45, 2.75) is 18.3 Å². The van der Waals surface area contributed by atoms with Gasteiger partial charge < -0.3 is 10.4 Å². The summed E-state index contributed by atoms with van der Waals surface area (Å²) in [7, 11) is 0. The molecule has 4 nitrogen and oxygen atoms in total. The van der Waals surface area contributed by atoms with Gasteiger partial charge in [0.2, 0.25) is 5.91 Å². The van der Waals surface area contributed by atoms with Gasteiger partial charge in [0.1, 0.15) is 0 Å². The minimum absolute atomic E-state index is 0.463. The number of thioether (sulfide) groups is 1. The second kappa shape index (κ2) is 5.04. The first-order chi connectivity index (χ1) is 6.91. The molecule has 3 N–H and O–H groups in total. The van der Waals surface area contributed by atoms with Gasteiger partial charge in [-0.25, -0.2) is 0 Å². The highest BCUT2D eigenvalue weighted by atomic mass is 32.2. The smallest absolute Gasteiger partial charge is 0.382 e. The number of aliphatic hydroxyl groups excluding tert-OH is 1. The van der Waals surface area contributed by atoms with Crippen LogP contribution in [0.25, 0.3) is 0 Å². The van der Waals surface area contributed by atoms with Gasteiger partial charge in [-0.05, 0) is 0 Å². The van der Waals surface area contributed by atoms with Crippen LogP contribution in [0.5, 0.6) is 0 Å². The first-order valence-electron chi connectivity index (χ1n) is 4.25. The Bertz CT molecular complexity index is 231. The number of alkyl halides is 3. The maximum absolute atomic E-state index is 11.9. The van der Waals surface area contributed by atoms with Crippen molar-refractivity contribution >= 4 is 17.7 Å². The Morgan fingerprint density at radius 2 is 2.33 bits per heavy atom. The summed E-state index contributed by atoms with van der Waals surface area (Å²) in [5.41, 5.74) is 0. The molecule has 0 radical (unpaired) electrons. The zero-order chi connectivity index (χ0) is 11.5. The molecule has 0 aromatic carbocycles. The predicted molar refractivity (Wildman–Crippen MR) is 49.3 cm³/mol. The molecular weight excluding hydrogens is 233 g/mol. The van der Waals surface area contributed by atoms with Gasteiger partial charge in [0, 0.05) is 11.6 Å². The van der Waals surface area contributed by atoms with Crippen molar-refractivity contribution in [1.29, 1.82) is 0 Å². The second-order valence-electron chi connectivity index (χ2n) is 3.07. The Kier molecular flexibility index (Phi) is 4.23. The van der Waals surface area contributed by atoms with Crippen molar-refractivity contribution < 1.29 is 23.1 Å². The third kappa shape index (κ3) is 3.88. The fraction of sp³-hybridized carbons (Fsp3) is 0.857. The number of aliphatic hydroxyl groups is 1. The third-order valence-corrected chi connectivity index (χ3v) is 2.82. The first-order valence-corrected chi connectivity index (χ1v) is 5.40. The molecule has 1 fully saturated rings. The summed E-state index contributed by atoms with van der Waals surface area (Å²) in [6.45, 7) is -0.800. The number of carbonyl (C=O) groups excluding carboxylic acids is 1. The van der Waals surface area contributed by atoms with Crippen LogP contribution in [0.1, 0.15) is 0 Å². The lowest BCUT2D eigenvalue weighted by Crippen LogP contribution is -2.47. The van der Waals surface area contributed by atoms with Gasteiger partial charge in [0.25, 0.3) is 0 Å². The van der Waals surface area contributed by atoms with E-state index in [0.29, 0.717) is 11.6 Å². The molecule has 2 unspecified atom stereocenters. The van der Waals surface area contributed by atoms with Crippen LogP contribution in [0.4, 0.5) is 13.2 Å². The number of hydrogen-bond acceptors (Lipinski definition) is 4. The normalized spacial score (nSPS) is 23.9. The van der Waals surface area contributed by atoms with E-state index in [4.69, 9.17) is 5.11 Å². The van der Waals surface area contributed by atoms with Gasteiger partial charge in [-0.2, -0.15) is 13.2 Å². The fourth-order valence-electron chi connectivity index (χ4n) is 1.000. The Morgan fingerprint density at radius 3 is 2.80 bits per heavy atom. The molecule has 1 aliphatic rings. The van der Waals surface area contributed by atoms with Crippen LogP contribution >= 0.6 is 11.8 Å². The van der Waals surface area contributed by atoms with E-state index in [0.717, 1.165) is 0 Å². The fourth-order valence-corrected chi connectivity index (χ4v) is 1.94. The Hall–Kier alpha value is -0.470. The predicted octanol–water partition coefficient (Wildman–Crippen LogP) is -0.312. The SMILES string of the molecule is O=C(NCC(O)C(F)(F)F)C1CSCN1. The molecule has 0 aliphatic carbocycles. The topological polar surface area (TPSA) is 61.4 Å². The van der Waals surface area contributed by atoms with E-state index in [-0.39, 0.29) is 0 Å². The molecule has 0 bridgehead atoms. The van der Waals surface area contributed by atoms with Crippen LogP contribution in [0, 0.1) is 0 Å². The van der Waals surface area contributed by atoms with Crippen LogP contribution in [0.2, 0.25) is 0 Å². The third-order valence-electron chi connectivity index (χ3n) is 1.88. The van der Waals surface area contributed by atoms with Gasteiger partial charge in [-0.3, -0.25) is 10.1 Å². The summed E-state index contributed by atoms with van der Waals surface area (Å²) >= 11 is 1.49. The Balaban J connectivity index is 2.27. The van der Waals surface area contributed by atoms with Gasteiger partial charge in [-0.1, -0.05) is 0 Å². The molecule has 2 atom stereocenters. The van der Waals surface area contributed by atoms with Gasteiger partial charge in [-0.15, -0.1) is 11.8 Å². The zero-order valence-corrected chi connectivity index (χ0v) is 8.49. The highest BCUT2D eigenvalue weighted by Gasteiger charge is 2.38. The van der Waals surface area contributed by atoms with Crippen molar-refractivity contribution in [3.8, 4) is 0 Å². The van der Waals surface area contributed by atoms with Crippen LogP contribution in [0.3, 0.4) is 0 Å². The summed E-state index contributed by atoms with van der Waals surface area (Å²) < 4.78 is 35.6. The Morgan fingerprint density at radius 1 is 1.67 bits per heavy atom. The lowest BCUT2D eigenvalue weighted by Gasteiger charge is -2.16.